The average Bonchev–Trinajstić information content (AvgIpc) is 2.96. The van der Waals surface area contributed by atoms with Gasteiger partial charge in [0.2, 0.25) is 5.96 Å². The van der Waals surface area contributed by atoms with E-state index in [4.69, 9.17) is 10.2 Å². The summed E-state index contributed by atoms with van der Waals surface area (Å²) in [6.45, 7) is 0. The smallest absolute Gasteiger partial charge is 0.325 e. The molecule has 3 rings (SSSR count). The third-order valence-corrected chi connectivity index (χ3v) is 3.09. The number of para-hydroxylation sites is 3. The molecular weight excluding hydrogens is 314 g/mol. The molecule has 0 unspecified atom stereocenters. The first-order chi connectivity index (χ1) is 11.5. The molecule has 3 aromatic rings. The maximum atomic E-state index is 12.1. The Labute approximate surface area is 135 Å². The van der Waals surface area contributed by atoms with Gasteiger partial charge in [0.25, 0.3) is 11.6 Å². The van der Waals surface area contributed by atoms with Crippen LogP contribution in [0, 0.1) is 10.1 Å². The standard InChI is InChI=1S/C15H11N5O4/c16-14(19-15-17-10-6-2-4-8-12(10)24-15)18-13(21)9-5-1-3-7-11(9)20(22)23/h1-8H,(H3,16,17,18,19,21). The SMILES string of the molecule is N/C(=N/c1nc2ccccc2o1)NC(=O)c1ccccc1[N+](=O)[O-]. The van der Waals surface area contributed by atoms with Crippen molar-refractivity contribution >= 4 is 34.7 Å². The zero-order valence-corrected chi connectivity index (χ0v) is 12.2. The second-order valence-electron chi connectivity index (χ2n) is 4.69. The number of carbonyl (C=O) groups is 1. The van der Waals surface area contributed by atoms with E-state index >= 15 is 0 Å². The van der Waals surface area contributed by atoms with Gasteiger partial charge in [0.15, 0.2) is 5.58 Å². The number of nitro groups is 1. The van der Waals surface area contributed by atoms with Crippen LogP contribution in [0.3, 0.4) is 0 Å². The number of aromatic nitrogens is 1. The first-order valence-electron chi connectivity index (χ1n) is 6.79. The Morgan fingerprint density at radius 2 is 1.92 bits per heavy atom. The molecule has 0 bridgehead atoms. The number of amides is 1. The number of nitrogens with one attached hydrogen (secondary N) is 1. The van der Waals surface area contributed by atoms with Crippen LogP contribution >= 0.6 is 0 Å². The molecule has 1 amide bonds. The van der Waals surface area contributed by atoms with Crippen molar-refractivity contribution in [3.63, 3.8) is 0 Å². The number of oxazole rings is 1. The molecular formula is C15H11N5O4. The van der Waals surface area contributed by atoms with Crippen LogP contribution < -0.4 is 11.1 Å². The quantitative estimate of drug-likeness (QED) is 0.327. The van der Waals surface area contributed by atoms with E-state index in [0.717, 1.165) is 0 Å². The van der Waals surface area contributed by atoms with Gasteiger partial charge in [-0.1, -0.05) is 24.3 Å². The van der Waals surface area contributed by atoms with Crippen LogP contribution in [-0.4, -0.2) is 21.8 Å². The molecule has 9 nitrogen and oxygen atoms in total. The number of benzene rings is 2. The van der Waals surface area contributed by atoms with E-state index in [-0.39, 0.29) is 23.2 Å². The molecule has 2 aromatic carbocycles. The van der Waals surface area contributed by atoms with E-state index in [2.05, 4.69) is 15.3 Å². The summed E-state index contributed by atoms with van der Waals surface area (Å²) in [6, 6.07) is 12.5. The van der Waals surface area contributed by atoms with Crippen molar-refractivity contribution in [3.05, 3.63) is 64.2 Å². The van der Waals surface area contributed by atoms with Gasteiger partial charge in [0.1, 0.15) is 11.1 Å². The van der Waals surface area contributed by atoms with Crippen LogP contribution in [0.1, 0.15) is 10.4 Å². The van der Waals surface area contributed by atoms with Gasteiger partial charge in [0, 0.05) is 6.07 Å². The van der Waals surface area contributed by atoms with Crippen molar-refractivity contribution in [2.24, 2.45) is 10.7 Å². The monoisotopic (exact) mass is 325 g/mol. The number of fused-ring (bicyclic) bond motifs is 1. The highest BCUT2D eigenvalue weighted by atomic mass is 16.6. The van der Waals surface area contributed by atoms with Crippen molar-refractivity contribution in [1.82, 2.24) is 10.3 Å². The Kier molecular flexibility index (Phi) is 3.89. The zero-order valence-electron chi connectivity index (χ0n) is 12.2. The lowest BCUT2D eigenvalue weighted by Gasteiger charge is -2.04. The summed E-state index contributed by atoms with van der Waals surface area (Å²) in [5.41, 5.74) is 6.30. The molecule has 0 fully saturated rings. The maximum absolute atomic E-state index is 12.1. The Balaban J connectivity index is 1.82. The minimum atomic E-state index is -0.750. The lowest BCUT2D eigenvalue weighted by atomic mass is 10.1. The molecule has 1 aromatic heterocycles. The first kappa shape index (κ1) is 15.2. The molecule has 120 valence electrons. The van der Waals surface area contributed by atoms with Crippen LogP contribution in [0.4, 0.5) is 11.7 Å². The lowest BCUT2D eigenvalue weighted by molar-refractivity contribution is -0.385. The van der Waals surface area contributed by atoms with Crippen LogP contribution in [0.2, 0.25) is 0 Å². The Morgan fingerprint density at radius 1 is 1.21 bits per heavy atom. The summed E-state index contributed by atoms with van der Waals surface area (Å²) in [5, 5.41) is 13.2. The largest absolute Gasteiger partial charge is 0.422 e. The summed E-state index contributed by atoms with van der Waals surface area (Å²) in [6.07, 6.45) is 0. The summed E-state index contributed by atoms with van der Waals surface area (Å²) in [7, 11) is 0. The minimum Gasteiger partial charge on any atom is -0.422 e. The van der Waals surface area contributed by atoms with Gasteiger partial charge < -0.3 is 10.2 Å². The molecule has 3 N–H and O–H groups in total. The summed E-state index contributed by atoms with van der Waals surface area (Å²) in [5.74, 6) is -1.04. The Morgan fingerprint density at radius 3 is 2.67 bits per heavy atom. The van der Waals surface area contributed by atoms with Crippen LogP contribution in [-0.2, 0) is 0 Å². The van der Waals surface area contributed by atoms with Gasteiger partial charge in [-0.3, -0.25) is 20.2 Å². The number of nitrogens with two attached hydrogens (primary N) is 1. The Bertz CT molecular complexity index is 930. The number of carbonyl (C=O) groups excluding carboxylic acids is 1. The highest BCUT2D eigenvalue weighted by Gasteiger charge is 2.19. The van der Waals surface area contributed by atoms with Gasteiger partial charge in [0.05, 0.1) is 4.92 Å². The third-order valence-electron chi connectivity index (χ3n) is 3.09. The predicted octanol–water partition coefficient (Wildman–Crippen LogP) is 2.11. The number of nitrogens with zero attached hydrogens (tertiary/aromatic N) is 3. The molecule has 0 saturated carbocycles. The molecule has 0 radical (unpaired) electrons. The number of aliphatic imine (C=N–C) groups is 1. The number of guanidine groups is 1. The fraction of sp³-hybridized carbons (Fsp3) is 0. The van der Waals surface area contributed by atoms with Crippen molar-refractivity contribution in [2.75, 3.05) is 0 Å². The molecule has 0 aliphatic rings. The summed E-state index contributed by atoms with van der Waals surface area (Å²) >= 11 is 0. The average molecular weight is 325 g/mol. The van der Waals surface area contributed by atoms with E-state index in [9.17, 15) is 14.9 Å². The topological polar surface area (TPSA) is 137 Å². The molecule has 0 atom stereocenters. The van der Waals surface area contributed by atoms with Crippen molar-refractivity contribution in [2.45, 2.75) is 0 Å². The number of hydrogen-bond donors (Lipinski definition) is 2. The number of nitro benzene ring substituents is 1. The van der Waals surface area contributed by atoms with E-state index in [1.165, 1.54) is 24.3 Å². The predicted molar refractivity (Wildman–Crippen MR) is 85.9 cm³/mol. The Hall–Kier alpha value is -3.75. The molecule has 0 spiro atoms. The minimum absolute atomic E-state index is 0.0310. The fourth-order valence-corrected chi connectivity index (χ4v) is 2.05. The third kappa shape index (κ3) is 3.04. The summed E-state index contributed by atoms with van der Waals surface area (Å²) in [4.78, 5) is 30.3. The van der Waals surface area contributed by atoms with Crippen molar-refractivity contribution in [3.8, 4) is 0 Å². The van der Waals surface area contributed by atoms with Gasteiger partial charge in [-0.15, -0.1) is 0 Å². The van der Waals surface area contributed by atoms with E-state index in [0.29, 0.717) is 11.1 Å². The van der Waals surface area contributed by atoms with Crippen LogP contribution in [0.25, 0.3) is 11.1 Å². The highest BCUT2D eigenvalue weighted by Crippen LogP contribution is 2.20. The van der Waals surface area contributed by atoms with Gasteiger partial charge >= 0.3 is 6.01 Å². The second kappa shape index (κ2) is 6.16. The normalized spacial score (nSPS) is 11.4. The van der Waals surface area contributed by atoms with Gasteiger partial charge in [-0.2, -0.15) is 9.98 Å². The van der Waals surface area contributed by atoms with Crippen molar-refractivity contribution in [1.29, 1.82) is 0 Å². The first-order valence-corrected chi connectivity index (χ1v) is 6.79. The number of rotatable bonds is 3. The second-order valence-corrected chi connectivity index (χ2v) is 4.69. The zero-order chi connectivity index (χ0) is 17.1. The summed E-state index contributed by atoms with van der Waals surface area (Å²) < 4.78 is 5.35. The molecule has 9 heteroatoms. The highest BCUT2D eigenvalue weighted by molar-refractivity contribution is 6.07. The van der Waals surface area contributed by atoms with Crippen LogP contribution in [0.5, 0.6) is 0 Å². The van der Waals surface area contributed by atoms with Gasteiger partial charge in [-0.05, 0) is 18.2 Å². The van der Waals surface area contributed by atoms with Gasteiger partial charge in [-0.25, -0.2) is 0 Å². The molecule has 0 saturated heterocycles. The van der Waals surface area contributed by atoms with E-state index < -0.39 is 10.8 Å². The molecule has 24 heavy (non-hydrogen) atoms. The van der Waals surface area contributed by atoms with Crippen LogP contribution in [0.15, 0.2) is 57.9 Å². The maximum Gasteiger partial charge on any atom is 0.325 e. The molecule has 0 aliphatic carbocycles. The number of hydrogen-bond acceptors (Lipinski definition) is 6. The molecule has 0 aliphatic heterocycles. The lowest BCUT2D eigenvalue weighted by Crippen LogP contribution is -2.36. The van der Waals surface area contributed by atoms with E-state index in [1.54, 1.807) is 24.3 Å². The molecule has 1 heterocycles. The fourth-order valence-electron chi connectivity index (χ4n) is 2.05. The van der Waals surface area contributed by atoms with E-state index in [1.807, 2.05) is 0 Å². The van der Waals surface area contributed by atoms with Crippen molar-refractivity contribution < 1.29 is 14.1 Å².